The second-order valence-electron chi connectivity index (χ2n) is 3.94. The summed E-state index contributed by atoms with van der Waals surface area (Å²) in [7, 11) is 0. The van der Waals surface area contributed by atoms with Gasteiger partial charge < -0.3 is 0 Å². The minimum Gasteiger partial charge on any atom is -0.209 e. The zero-order chi connectivity index (χ0) is 13.0. The van der Waals surface area contributed by atoms with Gasteiger partial charge in [-0.2, -0.15) is 0 Å². The van der Waals surface area contributed by atoms with Crippen LogP contribution < -0.4 is 0 Å². The van der Waals surface area contributed by atoms with Gasteiger partial charge in [0.15, 0.2) is 0 Å². The minimum atomic E-state index is -2.64. The lowest BCUT2D eigenvalue weighted by Gasteiger charge is -2.29. The zero-order valence-electron chi connectivity index (χ0n) is 10.4. The van der Waals surface area contributed by atoms with E-state index in [0.29, 0.717) is 0 Å². The van der Waals surface area contributed by atoms with E-state index in [1.807, 2.05) is 32.9 Å². The SMILES string of the molecule is CC.Cc1ccc2c(c1)CC(C(F)F)N(F)C2. The molecule has 0 bridgehead atoms. The van der Waals surface area contributed by atoms with E-state index >= 15 is 0 Å². The molecular formula is C13H18F3N. The Bertz CT molecular complexity index is 366. The van der Waals surface area contributed by atoms with E-state index in [1.165, 1.54) is 0 Å². The molecule has 0 spiro atoms. The van der Waals surface area contributed by atoms with Crippen LogP contribution in [0.5, 0.6) is 0 Å². The Morgan fingerprint density at radius 2 is 1.88 bits per heavy atom. The maximum atomic E-state index is 13.2. The molecule has 0 saturated heterocycles. The summed E-state index contributed by atoms with van der Waals surface area (Å²) in [5.41, 5.74) is 2.67. The first-order valence-electron chi connectivity index (χ1n) is 5.87. The van der Waals surface area contributed by atoms with Gasteiger partial charge in [-0.15, -0.1) is 9.60 Å². The third-order valence-corrected chi connectivity index (χ3v) is 2.76. The monoisotopic (exact) mass is 245 g/mol. The molecule has 1 atom stereocenters. The van der Waals surface area contributed by atoms with Crippen molar-refractivity contribution in [3.05, 3.63) is 34.9 Å². The quantitative estimate of drug-likeness (QED) is 0.678. The highest BCUT2D eigenvalue weighted by Gasteiger charge is 2.32. The molecule has 1 aliphatic heterocycles. The third-order valence-electron chi connectivity index (χ3n) is 2.76. The molecular weight excluding hydrogens is 227 g/mol. The van der Waals surface area contributed by atoms with Crippen molar-refractivity contribution in [1.29, 1.82) is 0 Å². The number of alkyl halides is 2. The van der Waals surface area contributed by atoms with E-state index in [-0.39, 0.29) is 18.1 Å². The molecule has 1 aromatic rings. The summed E-state index contributed by atoms with van der Waals surface area (Å²) >= 11 is 0. The van der Waals surface area contributed by atoms with Crippen LogP contribution in [-0.2, 0) is 13.0 Å². The molecule has 0 N–H and O–H groups in total. The van der Waals surface area contributed by atoms with Crippen molar-refractivity contribution in [2.75, 3.05) is 0 Å². The van der Waals surface area contributed by atoms with Crippen molar-refractivity contribution in [1.82, 2.24) is 5.12 Å². The Kier molecular flexibility index (Phi) is 5.00. The molecule has 0 aromatic heterocycles. The van der Waals surface area contributed by atoms with E-state index in [9.17, 15) is 13.3 Å². The summed E-state index contributed by atoms with van der Waals surface area (Å²) < 4.78 is 38.2. The van der Waals surface area contributed by atoms with Crippen molar-refractivity contribution in [3.63, 3.8) is 0 Å². The van der Waals surface area contributed by atoms with Crippen LogP contribution in [0.1, 0.15) is 30.5 Å². The number of fused-ring (bicyclic) bond motifs is 1. The highest BCUT2D eigenvalue weighted by Crippen LogP contribution is 2.27. The van der Waals surface area contributed by atoms with Crippen molar-refractivity contribution >= 4 is 0 Å². The lowest BCUT2D eigenvalue weighted by molar-refractivity contribution is -0.0977. The molecule has 1 aromatic carbocycles. The minimum absolute atomic E-state index is 0.0371. The van der Waals surface area contributed by atoms with Gasteiger partial charge in [0.2, 0.25) is 0 Å². The van der Waals surface area contributed by atoms with Gasteiger partial charge in [-0.05, 0) is 24.5 Å². The Hall–Kier alpha value is -1.03. The summed E-state index contributed by atoms with van der Waals surface area (Å²) in [5, 5.41) is 0.238. The Morgan fingerprint density at radius 1 is 1.24 bits per heavy atom. The summed E-state index contributed by atoms with van der Waals surface area (Å²) in [6, 6.07) is 4.24. The van der Waals surface area contributed by atoms with Gasteiger partial charge in [0.25, 0.3) is 6.43 Å². The highest BCUT2D eigenvalue weighted by atomic mass is 19.3. The van der Waals surface area contributed by atoms with E-state index in [4.69, 9.17) is 0 Å². The Labute approximate surface area is 100 Å². The molecule has 0 fully saturated rings. The average Bonchev–Trinajstić information content (AvgIpc) is 2.31. The van der Waals surface area contributed by atoms with Crippen molar-refractivity contribution in [2.24, 2.45) is 0 Å². The average molecular weight is 245 g/mol. The van der Waals surface area contributed by atoms with Gasteiger partial charge >= 0.3 is 0 Å². The van der Waals surface area contributed by atoms with Crippen LogP contribution >= 0.6 is 0 Å². The summed E-state index contributed by atoms with van der Waals surface area (Å²) in [6.07, 6.45) is -2.55. The largest absolute Gasteiger partial charge is 0.256 e. The van der Waals surface area contributed by atoms with Crippen LogP contribution in [0.4, 0.5) is 13.3 Å². The number of rotatable bonds is 1. The lowest BCUT2D eigenvalue weighted by Crippen LogP contribution is -2.39. The Balaban J connectivity index is 0.000000686. The van der Waals surface area contributed by atoms with E-state index in [1.54, 1.807) is 6.07 Å². The fourth-order valence-corrected chi connectivity index (χ4v) is 1.91. The number of halogens is 3. The van der Waals surface area contributed by atoms with E-state index < -0.39 is 12.5 Å². The second kappa shape index (κ2) is 6.05. The van der Waals surface area contributed by atoms with Gasteiger partial charge in [0.05, 0.1) is 6.54 Å². The third kappa shape index (κ3) is 3.22. The van der Waals surface area contributed by atoms with E-state index in [2.05, 4.69) is 0 Å². The predicted molar refractivity (Wildman–Crippen MR) is 62.7 cm³/mol. The van der Waals surface area contributed by atoms with E-state index in [0.717, 1.165) is 16.7 Å². The fraction of sp³-hybridized carbons (Fsp3) is 0.538. The molecule has 0 radical (unpaired) electrons. The van der Waals surface area contributed by atoms with Gasteiger partial charge in [-0.25, -0.2) is 8.78 Å². The first-order chi connectivity index (χ1) is 8.08. The number of hydrogen-bond donors (Lipinski definition) is 0. The molecule has 0 amide bonds. The first-order valence-corrected chi connectivity index (χ1v) is 5.87. The van der Waals surface area contributed by atoms with Crippen LogP contribution in [0.3, 0.4) is 0 Å². The normalized spacial score (nSPS) is 19.6. The van der Waals surface area contributed by atoms with Crippen LogP contribution in [0.25, 0.3) is 0 Å². The molecule has 2 rings (SSSR count). The number of nitrogens with zero attached hydrogens (tertiary/aromatic N) is 1. The zero-order valence-corrected chi connectivity index (χ0v) is 10.4. The van der Waals surface area contributed by atoms with Gasteiger partial charge in [0.1, 0.15) is 6.04 Å². The van der Waals surface area contributed by atoms with Crippen LogP contribution in [0.15, 0.2) is 18.2 Å². The van der Waals surface area contributed by atoms with Crippen molar-refractivity contribution in [3.8, 4) is 0 Å². The van der Waals surface area contributed by atoms with Gasteiger partial charge in [-0.3, -0.25) is 0 Å². The maximum absolute atomic E-state index is 13.2. The smallest absolute Gasteiger partial charge is 0.209 e. The van der Waals surface area contributed by atoms with Crippen molar-refractivity contribution < 1.29 is 13.3 Å². The molecule has 4 heteroatoms. The Morgan fingerprint density at radius 3 is 2.47 bits per heavy atom. The van der Waals surface area contributed by atoms with Gasteiger partial charge in [-0.1, -0.05) is 37.6 Å². The number of aryl methyl sites for hydroxylation is 1. The number of benzene rings is 1. The van der Waals surface area contributed by atoms with Crippen LogP contribution in [0.2, 0.25) is 0 Å². The van der Waals surface area contributed by atoms with Crippen LogP contribution in [0, 0.1) is 6.92 Å². The molecule has 96 valence electrons. The fourth-order valence-electron chi connectivity index (χ4n) is 1.91. The van der Waals surface area contributed by atoms with Crippen molar-refractivity contribution in [2.45, 2.75) is 46.2 Å². The molecule has 1 unspecified atom stereocenters. The first kappa shape index (κ1) is 14.0. The molecule has 0 aliphatic carbocycles. The van der Waals surface area contributed by atoms with Crippen LogP contribution in [-0.4, -0.2) is 17.6 Å². The highest BCUT2D eigenvalue weighted by molar-refractivity contribution is 5.33. The lowest BCUT2D eigenvalue weighted by atomic mass is 9.94. The molecule has 1 nitrogen and oxygen atoms in total. The molecule has 0 saturated carbocycles. The molecule has 1 heterocycles. The summed E-state index contributed by atoms with van der Waals surface area (Å²) in [6.45, 7) is 5.87. The summed E-state index contributed by atoms with van der Waals surface area (Å²) in [4.78, 5) is 0. The maximum Gasteiger partial charge on any atom is 0.256 e. The standard InChI is InChI=1S/C11H12F3N.C2H6/c1-7-2-3-8-6-15(14)10(11(12)13)5-9(8)4-7;1-2/h2-4,10-11H,5-6H2,1H3;1-2H3. The molecule has 1 aliphatic rings. The summed E-state index contributed by atoms with van der Waals surface area (Å²) in [5.74, 6) is 0. The number of hydrogen-bond acceptors (Lipinski definition) is 1. The molecule has 17 heavy (non-hydrogen) atoms. The predicted octanol–water partition coefficient (Wildman–Crippen LogP) is 3.90. The van der Waals surface area contributed by atoms with Gasteiger partial charge in [0, 0.05) is 0 Å². The second-order valence-corrected chi connectivity index (χ2v) is 3.94. The topological polar surface area (TPSA) is 3.24 Å².